The molecule has 0 unspecified atom stereocenters. The summed E-state index contributed by atoms with van der Waals surface area (Å²) in [6.45, 7) is 10.4. The molecule has 4 heterocycles. The van der Waals surface area contributed by atoms with Gasteiger partial charge in [-0.3, -0.25) is 4.68 Å². The first-order chi connectivity index (χ1) is 22.1. The highest BCUT2D eigenvalue weighted by Crippen LogP contribution is 2.40. The number of fused-ring (bicyclic) bond motifs is 1. The van der Waals surface area contributed by atoms with Gasteiger partial charge in [-0.05, 0) is 64.8 Å². The normalized spacial score (nSPS) is 19.3. The van der Waals surface area contributed by atoms with E-state index in [1.165, 1.54) is 12.5 Å². The molecule has 256 valence electrons. The molecule has 1 aromatic carbocycles. The Bertz CT molecular complexity index is 1310. The number of likely N-dealkylation sites (tertiary alicyclic amines) is 2. The maximum absolute atomic E-state index is 14.1. The lowest BCUT2D eigenvalue weighted by Gasteiger charge is -2.33. The average Bonchev–Trinajstić information content (AvgIpc) is 3.39. The molecule has 2 amide bonds. The topological polar surface area (TPSA) is 68.1 Å². The van der Waals surface area contributed by atoms with E-state index in [0.29, 0.717) is 88.6 Å². The minimum atomic E-state index is -4.52. The molecule has 0 saturated carbocycles. The van der Waals surface area contributed by atoms with Crippen LogP contribution in [0.5, 0.6) is 0 Å². The molecule has 3 aliphatic rings. The molecule has 2 fully saturated rings. The monoisotopic (exact) mass is 668 g/mol. The number of amides is 2. The summed E-state index contributed by atoms with van der Waals surface area (Å²) >= 11 is 1.16. The summed E-state index contributed by atoms with van der Waals surface area (Å²) in [5, 5.41) is 16.0. The molecule has 2 aromatic rings. The molecular weight excluding hydrogens is 620 g/mol. The van der Waals surface area contributed by atoms with Crippen LogP contribution < -0.4 is 0 Å². The summed E-state index contributed by atoms with van der Waals surface area (Å²) < 4.78 is 57.8. The van der Waals surface area contributed by atoms with Crippen LogP contribution in [0, 0.1) is 0 Å². The Morgan fingerprint density at radius 1 is 1.04 bits per heavy atom. The van der Waals surface area contributed by atoms with Crippen LogP contribution in [0.4, 0.5) is 22.4 Å². The van der Waals surface area contributed by atoms with E-state index in [0.717, 1.165) is 55.0 Å². The van der Waals surface area contributed by atoms with Crippen molar-refractivity contribution in [1.29, 1.82) is 0 Å². The van der Waals surface area contributed by atoms with Gasteiger partial charge in [0, 0.05) is 79.7 Å². The smallest absolute Gasteiger partial charge is 0.390 e. The number of benzene rings is 1. The summed E-state index contributed by atoms with van der Waals surface area (Å²) in [4.78, 5) is 21.4. The lowest BCUT2D eigenvalue weighted by atomic mass is 10.00. The Labute approximate surface area is 274 Å². The van der Waals surface area contributed by atoms with Crippen LogP contribution in [-0.4, -0.2) is 117 Å². The molecule has 0 spiro atoms. The number of piperidine rings is 2. The number of hydrogen-bond donors (Lipinski definition) is 1. The number of thioether (sulfide) groups is 1. The Morgan fingerprint density at radius 3 is 2.43 bits per heavy atom. The van der Waals surface area contributed by atoms with Gasteiger partial charge >= 0.3 is 12.2 Å². The summed E-state index contributed by atoms with van der Waals surface area (Å²) in [6, 6.07) is 4.11. The average molecular weight is 669 g/mol. The number of alkyl halides is 4. The van der Waals surface area contributed by atoms with Gasteiger partial charge in [0.2, 0.25) is 0 Å². The van der Waals surface area contributed by atoms with E-state index in [1.807, 2.05) is 18.5 Å². The number of carbonyl (C=O) groups is 1. The quantitative estimate of drug-likeness (QED) is 0.243. The molecule has 8 nitrogen and oxygen atoms in total. The molecule has 1 N–H and O–H groups in total. The van der Waals surface area contributed by atoms with Crippen LogP contribution in [0.2, 0.25) is 0 Å². The Morgan fingerprint density at radius 2 is 1.76 bits per heavy atom. The number of hydrogen-bond acceptors (Lipinski definition) is 6. The number of carbonyl (C=O) groups excluding carboxylic acids is 1. The number of urea groups is 1. The number of aromatic nitrogens is 2. The van der Waals surface area contributed by atoms with Crippen LogP contribution in [0.25, 0.3) is 11.3 Å². The van der Waals surface area contributed by atoms with Gasteiger partial charge in [-0.15, -0.1) is 11.8 Å². The number of nitrogens with zero attached hydrogens (tertiary/aromatic N) is 6. The molecule has 0 aliphatic carbocycles. The minimum absolute atomic E-state index is 0.0695. The number of aliphatic hydroxyl groups is 1. The number of rotatable bonds is 11. The van der Waals surface area contributed by atoms with Crippen molar-refractivity contribution in [3.05, 3.63) is 35.0 Å². The number of β-amino-alcohol motifs (C(OH)–C–C–N with tert-alkyl or cyclic N) is 1. The van der Waals surface area contributed by atoms with E-state index >= 15 is 0 Å². The minimum Gasteiger partial charge on any atom is -0.390 e. The molecule has 3 aliphatic heterocycles. The maximum Gasteiger partial charge on any atom is 0.417 e. The predicted molar refractivity (Wildman–Crippen MR) is 173 cm³/mol. The van der Waals surface area contributed by atoms with Gasteiger partial charge in [-0.25, -0.2) is 9.18 Å². The Kier molecular flexibility index (Phi) is 11.9. The zero-order valence-electron chi connectivity index (χ0n) is 27.1. The van der Waals surface area contributed by atoms with Gasteiger partial charge in [-0.2, -0.15) is 18.3 Å². The first kappa shape index (κ1) is 35.0. The van der Waals surface area contributed by atoms with Gasteiger partial charge in [0.25, 0.3) is 0 Å². The number of halogens is 4. The van der Waals surface area contributed by atoms with Crippen molar-refractivity contribution in [2.75, 3.05) is 64.7 Å². The molecule has 46 heavy (non-hydrogen) atoms. The highest BCUT2D eigenvalue weighted by atomic mass is 32.2. The van der Waals surface area contributed by atoms with Gasteiger partial charge in [-0.1, -0.05) is 12.5 Å². The predicted octanol–water partition coefficient (Wildman–Crippen LogP) is 5.76. The van der Waals surface area contributed by atoms with Gasteiger partial charge in [0.1, 0.15) is 6.17 Å². The van der Waals surface area contributed by atoms with Crippen molar-refractivity contribution < 1.29 is 27.5 Å². The van der Waals surface area contributed by atoms with E-state index in [2.05, 4.69) is 9.80 Å². The van der Waals surface area contributed by atoms with E-state index in [4.69, 9.17) is 5.10 Å². The second-order valence-electron chi connectivity index (χ2n) is 12.7. The van der Waals surface area contributed by atoms with E-state index < -0.39 is 24.0 Å². The van der Waals surface area contributed by atoms with Gasteiger partial charge in [0.05, 0.1) is 30.5 Å². The maximum atomic E-state index is 14.1. The third kappa shape index (κ3) is 8.56. The second kappa shape index (κ2) is 15.7. The standard InChI is InChI=1S/C33H48F4N6O2S/c1-3-41(4-2)32(45)42-17-12-29-27(23-42)31(38-43(29)22-26(44)21-40-13-6-5-7-14-40)24-8-9-28(33(35,36)37)30(20-24)46-19-18-39-15-10-25(34)11-16-39/h8-9,20,25-26,44H,3-7,10-19,21-23H2,1-2H3/t26-/m1/s1. The lowest BCUT2D eigenvalue weighted by Crippen LogP contribution is -2.45. The van der Waals surface area contributed by atoms with Crippen LogP contribution in [0.1, 0.15) is 62.8 Å². The van der Waals surface area contributed by atoms with Gasteiger partial charge in [0.15, 0.2) is 0 Å². The Hall–Kier alpha value is -2.35. The summed E-state index contributed by atoms with van der Waals surface area (Å²) in [7, 11) is 0. The second-order valence-corrected chi connectivity index (χ2v) is 13.8. The van der Waals surface area contributed by atoms with E-state index in [-0.39, 0.29) is 17.5 Å². The van der Waals surface area contributed by atoms with Crippen molar-refractivity contribution in [2.45, 2.75) is 88.8 Å². The summed E-state index contributed by atoms with van der Waals surface area (Å²) in [5.74, 6) is 0.449. The molecule has 5 rings (SSSR count). The largest absolute Gasteiger partial charge is 0.417 e. The van der Waals surface area contributed by atoms with E-state index in [1.54, 1.807) is 15.9 Å². The summed E-state index contributed by atoms with van der Waals surface area (Å²) in [6.07, 6.45) is -1.05. The third-order valence-electron chi connectivity index (χ3n) is 9.48. The molecule has 0 bridgehead atoms. The van der Waals surface area contributed by atoms with E-state index in [9.17, 15) is 27.5 Å². The van der Waals surface area contributed by atoms with Crippen molar-refractivity contribution in [1.82, 2.24) is 29.4 Å². The fourth-order valence-electron chi connectivity index (χ4n) is 6.86. The zero-order chi connectivity index (χ0) is 32.8. The van der Waals surface area contributed by atoms with Crippen molar-refractivity contribution in [2.24, 2.45) is 0 Å². The molecule has 0 radical (unpaired) electrons. The van der Waals surface area contributed by atoms with Crippen LogP contribution in [-0.2, 0) is 25.7 Å². The molecule has 1 atom stereocenters. The Balaban J connectivity index is 1.43. The van der Waals surface area contributed by atoms with Crippen molar-refractivity contribution in [3.8, 4) is 11.3 Å². The SMILES string of the molecule is CCN(CC)C(=O)N1CCc2c(c(-c3ccc(C(F)(F)F)c(SCCN4CCC(F)CC4)c3)nn2C[C@H](O)CN2CCCCC2)C1. The fourth-order valence-corrected chi connectivity index (χ4v) is 7.98. The fraction of sp³-hybridized carbons (Fsp3) is 0.697. The van der Waals surface area contributed by atoms with Crippen LogP contribution in [0.15, 0.2) is 23.1 Å². The van der Waals surface area contributed by atoms with Gasteiger partial charge < -0.3 is 24.7 Å². The zero-order valence-corrected chi connectivity index (χ0v) is 27.9. The molecule has 1 aromatic heterocycles. The highest BCUT2D eigenvalue weighted by molar-refractivity contribution is 7.99. The highest BCUT2D eigenvalue weighted by Gasteiger charge is 2.35. The van der Waals surface area contributed by atoms with Crippen molar-refractivity contribution in [3.63, 3.8) is 0 Å². The van der Waals surface area contributed by atoms with Crippen LogP contribution >= 0.6 is 11.8 Å². The molecular formula is C33H48F4N6O2S. The van der Waals surface area contributed by atoms with Crippen LogP contribution in [0.3, 0.4) is 0 Å². The molecule has 2 saturated heterocycles. The number of aliphatic hydroxyl groups excluding tert-OH is 1. The first-order valence-electron chi connectivity index (χ1n) is 16.8. The van der Waals surface area contributed by atoms with Crippen molar-refractivity contribution >= 4 is 17.8 Å². The lowest BCUT2D eigenvalue weighted by molar-refractivity contribution is -0.139. The summed E-state index contributed by atoms with van der Waals surface area (Å²) in [5.41, 5.74) is 2.17. The molecule has 13 heteroatoms. The third-order valence-corrected chi connectivity index (χ3v) is 10.5. The first-order valence-corrected chi connectivity index (χ1v) is 17.8.